The fourth-order valence-corrected chi connectivity index (χ4v) is 2.79. The molecule has 2 aromatic rings. The van der Waals surface area contributed by atoms with E-state index in [9.17, 15) is 4.79 Å². The summed E-state index contributed by atoms with van der Waals surface area (Å²) in [6.07, 6.45) is 0. The molecule has 0 saturated heterocycles. The molecule has 3 nitrogen and oxygen atoms in total. The topological polar surface area (TPSA) is 39.2 Å². The van der Waals surface area contributed by atoms with Crippen LogP contribution in [0.5, 0.6) is 0 Å². The van der Waals surface area contributed by atoms with Crippen LogP contribution in [0.2, 0.25) is 0 Å². The first-order valence-electron chi connectivity index (χ1n) is 5.29. The molecular formula is C12H12BrNO2S. The SMILES string of the molecule is CCOC(=O)C(Br)c1ccc2sc(C)nc2c1. The lowest BCUT2D eigenvalue weighted by molar-refractivity contribution is -0.142. The number of ether oxygens (including phenoxy) is 1. The first kappa shape index (κ1) is 12.5. The van der Waals surface area contributed by atoms with Gasteiger partial charge in [0.15, 0.2) is 0 Å². The van der Waals surface area contributed by atoms with E-state index in [4.69, 9.17) is 4.74 Å². The van der Waals surface area contributed by atoms with Crippen LogP contribution in [0.4, 0.5) is 0 Å². The van der Waals surface area contributed by atoms with Gasteiger partial charge in [0.05, 0.1) is 21.8 Å². The standard InChI is InChI=1S/C12H12BrNO2S/c1-3-16-12(15)11(13)8-4-5-10-9(6-8)14-7(2)17-10/h4-6,11H,3H2,1-2H3. The molecule has 0 radical (unpaired) electrons. The Bertz CT molecular complexity index is 552. The average molecular weight is 314 g/mol. The first-order valence-corrected chi connectivity index (χ1v) is 7.03. The Morgan fingerprint density at radius 1 is 1.59 bits per heavy atom. The monoisotopic (exact) mass is 313 g/mol. The molecule has 0 aliphatic heterocycles. The second kappa shape index (κ2) is 5.14. The predicted molar refractivity (Wildman–Crippen MR) is 72.7 cm³/mol. The molecule has 1 aromatic carbocycles. The highest BCUT2D eigenvalue weighted by atomic mass is 79.9. The summed E-state index contributed by atoms with van der Waals surface area (Å²) in [5.74, 6) is -0.265. The molecule has 0 amide bonds. The van der Waals surface area contributed by atoms with Gasteiger partial charge in [0.1, 0.15) is 4.83 Å². The highest BCUT2D eigenvalue weighted by Crippen LogP contribution is 2.29. The normalized spacial score (nSPS) is 12.6. The van der Waals surface area contributed by atoms with Gasteiger partial charge in [-0.1, -0.05) is 22.0 Å². The van der Waals surface area contributed by atoms with Crippen LogP contribution >= 0.6 is 27.3 Å². The molecule has 0 aliphatic carbocycles. The Balaban J connectivity index is 2.32. The quantitative estimate of drug-likeness (QED) is 0.642. The molecule has 17 heavy (non-hydrogen) atoms. The summed E-state index contributed by atoms with van der Waals surface area (Å²) in [7, 11) is 0. The van der Waals surface area contributed by atoms with E-state index in [0.29, 0.717) is 6.61 Å². The van der Waals surface area contributed by atoms with Gasteiger partial charge in [0.25, 0.3) is 0 Å². The van der Waals surface area contributed by atoms with Crippen LogP contribution < -0.4 is 0 Å². The van der Waals surface area contributed by atoms with Gasteiger partial charge in [-0.05, 0) is 31.5 Å². The van der Waals surface area contributed by atoms with Crippen LogP contribution in [-0.4, -0.2) is 17.6 Å². The van der Waals surface area contributed by atoms with Gasteiger partial charge in [-0.15, -0.1) is 11.3 Å². The van der Waals surface area contributed by atoms with E-state index < -0.39 is 4.83 Å². The predicted octanol–water partition coefficient (Wildman–Crippen LogP) is 3.60. The maximum absolute atomic E-state index is 11.6. The molecule has 5 heteroatoms. The fourth-order valence-electron chi connectivity index (χ4n) is 1.57. The molecule has 0 saturated carbocycles. The van der Waals surface area contributed by atoms with Crippen molar-refractivity contribution in [3.63, 3.8) is 0 Å². The molecule has 0 aliphatic rings. The van der Waals surface area contributed by atoms with Crippen LogP contribution in [-0.2, 0) is 9.53 Å². The second-order valence-electron chi connectivity index (χ2n) is 3.57. The number of hydrogen-bond acceptors (Lipinski definition) is 4. The molecule has 0 N–H and O–H groups in total. The zero-order chi connectivity index (χ0) is 12.4. The molecule has 1 unspecified atom stereocenters. The van der Waals surface area contributed by atoms with Gasteiger partial charge in [0, 0.05) is 0 Å². The summed E-state index contributed by atoms with van der Waals surface area (Å²) in [5.41, 5.74) is 1.81. The highest BCUT2D eigenvalue weighted by molar-refractivity contribution is 9.09. The lowest BCUT2D eigenvalue weighted by Crippen LogP contribution is -2.10. The minimum Gasteiger partial charge on any atom is -0.465 e. The number of fused-ring (bicyclic) bond motifs is 1. The summed E-state index contributed by atoms with van der Waals surface area (Å²) >= 11 is 4.99. The Labute approximate surface area is 112 Å². The Hall–Kier alpha value is -0.940. The van der Waals surface area contributed by atoms with Crippen molar-refractivity contribution in [2.75, 3.05) is 6.61 Å². The molecule has 1 aromatic heterocycles. The van der Waals surface area contributed by atoms with Crippen molar-refractivity contribution in [1.29, 1.82) is 0 Å². The van der Waals surface area contributed by atoms with Crippen LogP contribution in [0.15, 0.2) is 18.2 Å². The van der Waals surface area contributed by atoms with Gasteiger partial charge >= 0.3 is 5.97 Å². The zero-order valence-corrected chi connectivity index (χ0v) is 12.0. The van der Waals surface area contributed by atoms with Crippen molar-refractivity contribution < 1.29 is 9.53 Å². The Kier molecular flexibility index (Phi) is 3.79. The number of carbonyl (C=O) groups excluding carboxylic acids is 1. The van der Waals surface area contributed by atoms with E-state index in [-0.39, 0.29) is 5.97 Å². The van der Waals surface area contributed by atoms with Gasteiger partial charge in [-0.25, -0.2) is 4.98 Å². The number of carbonyl (C=O) groups is 1. The third kappa shape index (κ3) is 2.66. The molecular weight excluding hydrogens is 302 g/mol. The Morgan fingerprint density at radius 3 is 3.06 bits per heavy atom. The minimum absolute atomic E-state index is 0.265. The van der Waals surface area contributed by atoms with E-state index in [1.165, 1.54) is 0 Å². The number of aryl methyl sites for hydroxylation is 1. The lowest BCUT2D eigenvalue weighted by atomic mass is 10.1. The number of aromatic nitrogens is 1. The smallest absolute Gasteiger partial charge is 0.324 e. The van der Waals surface area contributed by atoms with Crippen LogP contribution in [0.3, 0.4) is 0 Å². The van der Waals surface area contributed by atoms with Crippen molar-refractivity contribution in [2.45, 2.75) is 18.7 Å². The highest BCUT2D eigenvalue weighted by Gasteiger charge is 2.18. The average Bonchev–Trinajstić information content (AvgIpc) is 2.67. The zero-order valence-electron chi connectivity index (χ0n) is 9.57. The van der Waals surface area contributed by atoms with Gasteiger partial charge in [0.2, 0.25) is 0 Å². The minimum atomic E-state index is -0.422. The second-order valence-corrected chi connectivity index (χ2v) is 5.73. The van der Waals surface area contributed by atoms with E-state index in [1.807, 2.05) is 25.1 Å². The summed E-state index contributed by atoms with van der Waals surface area (Å²) < 4.78 is 6.11. The van der Waals surface area contributed by atoms with E-state index in [0.717, 1.165) is 20.8 Å². The van der Waals surface area contributed by atoms with E-state index in [1.54, 1.807) is 18.3 Å². The van der Waals surface area contributed by atoms with Crippen LogP contribution in [0.25, 0.3) is 10.2 Å². The first-order chi connectivity index (χ1) is 8.11. The number of alkyl halides is 1. The molecule has 0 spiro atoms. The van der Waals surface area contributed by atoms with Crippen molar-refractivity contribution in [1.82, 2.24) is 4.98 Å². The number of rotatable bonds is 3. The lowest BCUT2D eigenvalue weighted by Gasteiger charge is -2.08. The number of halogens is 1. The maximum Gasteiger partial charge on any atom is 0.324 e. The number of hydrogen-bond donors (Lipinski definition) is 0. The number of nitrogens with zero attached hydrogens (tertiary/aromatic N) is 1. The summed E-state index contributed by atoms with van der Waals surface area (Å²) in [4.78, 5) is 15.6. The van der Waals surface area contributed by atoms with E-state index >= 15 is 0 Å². The van der Waals surface area contributed by atoms with Gasteiger partial charge in [-0.3, -0.25) is 4.79 Å². The fraction of sp³-hybridized carbons (Fsp3) is 0.333. The van der Waals surface area contributed by atoms with Crippen molar-refractivity contribution in [3.8, 4) is 0 Å². The van der Waals surface area contributed by atoms with E-state index in [2.05, 4.69) is 20.9 Å². The molecule has 1 atom stereocenters. The van der Waals surface area contributed by atoms with Crippen LogP contribution in [0.1, 0.15) is 22.3 Å². The number of benzene rings is 1. The maximum atomic E-state index is 11.6. The van der Waals surface area contributed by atoms with Crippen molar-refractivity contribution in [2.24, 2.45) is 0 Å². The molecule has 2 rings (SSSR count). The molecule has 90 valence electrons. The number of esters is 1. The van der Waals surface area contributed by atoms with Crippen molar-refractivity contribution in [3.05, 3.63) is 28.8 Å². The Morgan fingerprint density at radius 2 is 2.35 bits per heavy atom. The summed E-state index contributed by atoms with van der Waals surface area (Å²) in [5, 5.41) is 1.03. The van der Waals surface area contributed by atoms with Gasteiger partial charge < -0.3 is 4.74 Å². The summed E-state index contributed by atoms with van der Waals surface area (Å²) in [6.45, 7) is 4.16. The molecule has 1 heterocycles. The number of thiazole rings is 1. The largest absolute Gasteiger partial charge is 0.465 e. The summed E-state index contributed by atoms with van der Waals surface area (Å²) in [6, 6.07) is 5.84. The third-order valence-electron chi connectivity index (χ3n) is 2.30. The third-order valence-corrected chi connectivity index (χ3v) is 4.16. The van der Waals surface area contributed by atoms with Gasteiger partial charge in [-0.2, -0.15) is 0 Å². The molecule has 0 bridgehead atoms. The molecule has 0 fully saturated rings. The van der Waals surface area contributed by atoms with Crippen molar-refractivity contribution >= 4 is 43.5 Å². The van der Waals surface area contributed by atoms with Crippen LogP contribution in [0, 0.1) is 6.92 Å².